The maximum Gasteiger partial charge on any atom is 0.238 e. The molecule has 0 bridgehead atoms. The van der Waals surface area contributed by atoms with E-state index in [1.807, 2.05) is 19.9 Å². The van der Waals surface area contributed by atoms with Gasteiger partial charge >= 0.3 is 0 Å². The Labute approximate surface area is 137 Å². The van der Waals surface area contributed by atoms with Crippen molar-refractivity contribution in [1.82, 2.24) is 0 Å². The van der Waals surface area contributed by atoms with E-state index in [1.165, 1.54) is 10.5 Å². The lowest BCUT2D eigenvalue weighted by Crippen LogP contribution is -2.37. The molecule has 4 heteroatoms. The number of carbonyl (C=O) groups is 3. The van der Waals surface area contributed by atoms with Gasteiger partial charge in [0.25, 0.3) is 0 Å². The van der Waals surface area contributed by atoms with E-state index in [0.29, 0.717) is 12.1 Å². The van der Waals surface area contributed by atoms with Crippen LogP contribution in [0.5, 0.6) is 0 Å². The van der Waals surface area contributed by atoms with Crippen LogP contribution in [0, 0.1) is 11.3 Å². The molecule has 2 rings (SSSR count). The van der Waals surface area contributed by atoms with Crippen LogP contribution in [0.25, 0.3) is 0 Å². The van der Waals surface area contributed by atoms with Crippen molar-refractivity contribution < 1.29 is 14.4 Å². The van der Waals surface area contributed by atoms with Crippen molar-refractivity contribution in [3.05, 3.63) is 42.0 Å². The first-order valence-corrected chi connectivity index (χ1v) is 7.90. The normalized spacial score (nSPS) is 20.3. The zero-order valence-electron chi connectivity index (χ0n) is 13.9. The smallest absolute Gasteiger partial charge is 0.238 e. The Morgan fingerprint density at radius 3 is 2.48 bits per heavy atom. The molecule has 0 N–H and O–H groups in total. The summed E-state index contributed by atoms with van der Waals surface area (Å²) in [7, 11) is 0. The summed E-state index contributed by atoms with van der Waals surface area (Å²) < 4.78 is 0. The lowest BCUT2D eigenvalue weighted by molar-refractivity contribution is -0.130. The lowest BCUT2D eigenvalue weighted by Gasteiger charge is -2.28. The summed E-state index contributed by atoms with van der Waals surface area (Å²) in [6.07, 6.45) is 4.28. The fourth-order valence-electron chi connectivity index (χ4n) is 2.98. The number of benzene rings is 1. The minimum absolute atomic E-state index is 0.0950. The summed E-state index contributed by atoms with van der Waals surface area (Å²) >= 11 is 0. The Balaban J connectivity index is 2.22. The van der Waals surface area contributed by atoms with Crippen molar-refractivity contribution in [2.45, 2.75) is 40.0 Å². The average molecular weight is 313 g/mol. The SMILES string of the molecule is CC(C)=CCCC(C)(C=O)C1CC(=O)N(c2ccccc2)C1=O. The highest BCUT2D eigenvalue weighted by molar-refractivity contribution is 6.21. The van der Waals surface area contributed by atoms with Crippen molar-refractivity contribution in [2.24, 2.45) is 11.3 Å². The van der Waals surface area contributed by atoms with Gasteiger partial charge in [-0.1, -0.05) is 36.8 Å². The van der Waals surface area contributed by atoms with E-state index < -0.39 is 11.3 Å². The second-order valence-electron chi connectivity index (χ2n) is 6.60. The molecule has 4 nitrogen and oxygen atoms in total. The van der Waals surface area contributed by atoms with Crippen LogP contribution in [-0.4, -0.2) is 18.1 Å². The second kappa shape index (κ2) is 6.90. The second-order valence-corrected chi connectivity index (χ2v) is 6.60. The van der Waals surface area contributed by atoms with Gasteiger partial charge in [0.05, 0.1) is 11.6 Å². The number of rotatable bonds is 6. The molecule has 1 fully saturated rings. The molecule has 1 aromatic carbocycles. The molecule has 0 aromatic heterocycles. The summed E-state index contributed by atoms with van der Waals surface area (Å²) in [6, 6.07) is 8.88. The molecule has 0 radical (unpaired) electrons. The minimum atomic E-state index is -0.817. The zero-order chi connectivity index (χ0) is 17.0. The van der Waals surface area contributed by atoms with Gasteiger partial charge in [-0.3, -0.25) is 14.5 Å². The third kappa shape index (κ3) is 3.58. The van der Waals surface area contributed by atoms with Crippen LogP contribution in [0.2, 0.25) is 0 Å². The Morgan fingerprint density at radius 1 is 1.26 bits per heavy atom. The van der Waals surface area contributed by atoms with Gasteiger partial charge in [0, 0.05) is 11.8 Å². The predicted octanol–water partition coefficient (Wildman–Crippen LogP) is 3.52. The van der Waals surface area contributed by atoms with Gasteiger partial charge in [0.15, 0.2) is 0 Å². The largest absolute Gasteiger partial charge is 0.303 e. The third-order valence-electron chi connectivity index (χ3n) is 4.46. The standard InChI is InChI=1S/C19H23NO3/c1-14(2)8-7-11-19(3,13-21)16-12-17(22)20(18(16)23)15-9-5-4-6-10-15/h4-6,8-10,13,16H,7,11-12H2,1-3H3. The number of carbonyl (C=O) groups excluding carboxylic acids is 3. The minimum Gasteiger partial charge on any atom is -0.303 e. The summed E-state index contributed by atoms with van der Waals surface area (Å²) in [5.41, 5.74) is 0.933. The van der Waals surface area contributed by atoms with E-state index in [1.54, 1.807) is 31.2 Å². The number of amides is 2. The molecule has 2 atom stereocenters. The number of hydrogen-bond acceptors (Lipinski definition) is 3. The zero-order valence-corrected chi connectivity index (χ0v) is 13.9. The van der Waals surface area contributed by atoms with E-state index >= 15 is 0 Å². The first-order valence-electron chi connectivity index (χ1n) is 7.90. The van der Waals surface area contributed by atoms with Crippen LogP contribution < -0.4 is 4.90 Å². The van der Waals surface area contributed by atoms with Gasteiger partial charge in [-0.05, 0) is 38.8 Å². The van der Waals surface area contributed by atoms with Gasteiger partial charge in [-0.2, -0.15) is 0 Å². The van der Waals surface area contributed by atoms with Gasteiger partial charge in [0.1, 0.15) is 6.29 Å². The summed E-state index contributed by atoms with van der Waals surface area (Å²) in [5, 5.41) is 0. The highest BCUT2D eigenvalue weighted by Crippen LogP contribution is 2.40. The highest BCUT2D eigenvalue weighted by atomic mass is 16.2. The average Bonchev–Trinajstić information content (AvgIpc) is 2.83. The number of anilines is 1. The van der Waals surface area contributed by atoms with Crippen molar-refractivity contribution >= 4 is 23.8 Å². The van der Waals surface area contributed by atoms with Gasteiger partial charge in [-0.25, -0.2) is 0 Å². The molecule has 1 saturated heterocycles. The monoisotopic (exact) mass is 313 g/mol. The molecule has 23 heavy (non-hydrogen) atoms. The molecular weight excluding hydrogens is 290 g/mol. The molecule has 0 spiro atoms. The summed E-state index contributed by atoms with van der Waals surface area (Å²) in [4.78, 5) is 38.0. The van der Waals surface area contributed by atoms with E-state index in [2.05, 4.69) is 6.08 Å². The first kappa shape index (κ1) is 17.1. The third-order valence-corrected chi connectivity index (χ3v) is 4.46. The molecular formula is C19H23NO3. The number of aldehydes is 1. The molecule has 0 aliphatic carbocycles. The number of hydrogen-bond donors (Lipinski definition) is 0. The van der Waals surface area contributed by atoms with E-state index in [4.69, 9.17) is 0 Å². The number of imide groups is 1. The molecule has 1 aromatic rings. The Morgan fingerprint density at radius 2 is 1.91 bits per heavy atom. The van der Waals surface area contributed by atoms with Crippen molar-refractivity contribution in [3.8, 4) is 0 Å². The highest BCUT2D eigenvalue weighted by Gasteiger charge is 2.48. The van der Waals surface area contributed by atoms with Crippen LogP contribution in [0.1, 0.15) is 40.0 Å². The summed E-state index contributed by atoms with van der Waals surface area (Å²) in [6.45, 7) is 5.78. The molecule has 1 heterocycles. The maximum absolute atomic E-state index is 12.7. The quantitative estimate of drug-likeness (QED) is 0.459. The Kier molecular flexibility index (Phi) is 5.14. The molecule has 0 saturated carbocycles. The number of nitrogens with zero attached hydrogens (tertiary/aromatic N) is 1. The number of para-hydroxylation sites is 1. The lowest BCUT2D eigenvalue weighted by atomic mass is 9.74. The van der Waals surface area contributed by atoms with E-state index in [0.717, 1.165) is 12.7 Å². The predicted molar refractivity (Wildman–Crippen MR) is 89.9 cm³/mol. The Hall–Kier alpha value is -2.23. The first-order chi connectivity index (χ1) is 10.9. The van der Waals surface area contributed by atoms with Crippen molar-refractivity contribution in [2.75, 3.05) is 4.90 Å². The van der Waals surface area contributed by atoms with E-state index in [-0.39, 0.29) is 18.2 Å². The number of allylic oxidation sites excluding steroid dienone is 2. The molecule has 1 aliphatic heterocycles. The molecule has 1 aliphatic rings. The van der Waals surface area contributed by atoms with Crippen LogP contribution in [0.4, 0.5) is 5.69 Å². The Bertz CT molecular complexity index is 631. The molecule has 122 valence electrons. The van der Waals surface area contributed by atoms with Gasteiger partial charge < -0.3 is 4.79 Å². The topological polar surface area (TPSA) is 54.5 Å². The fraction of sp³-hybridized carbons (Fsp3) is 0.421. The van der Waals surface area contributed by atoms with Crippen LogP contribution in [0.15, 0.2) is 42.0 Å². The van der Waals surface area contributed by atoms with Crippen LogP contribution in [-0.2, 0) is 14.4 Å². The van der Waals surface area contributed by atoms with E-state index in [9.17, 15) is 14.4 Å². The maximum atomic E-state index is 12.7. The van der Waals surface area contributed by atoms with Crippen molar-refractivity contribution in [1.29, 1.82) is 0 Å². The van der Waals surface area contributed by atoms with Gasteiger partial charge in [0.2, 0.25) is 11.8 Å². The van der Waals surface area contributed by atoms with Crippen molar-refractivity contribution in [3.63, 3.8) is 0 Å². The van der Waals surface area contributed by atoms with Crippen LogP contribution in [0.3, 0.4) is 0 Å². The molecule has 2 amide bonds. The van der Waals surface area contributed by atoms with Gasteiger partial charge in [-0.15, -0.1) is 0 Å². The van der Waals surface area contributed by atoms with Crippen LogP contribution >= 0.6 is 0 Å². The summed E-state index contributed by atoms with van der Waals surface area (Å²) in [5.74, 6) is -1.09. The fourth-order valence-corrected chi connectivity index (χ4v) is 2.98. The molecule has 2 unspecified atom stereocenters.